The molecule has 3 N–H and O–H groups in total. The number of hydrogen-bond acceptors (Lipinski definition) is 6. The Kier molecular flexibility index (Phi) is 11.9. The molecule has 5 aromatic rings. The third-order valence-electron chi connectivity index (χ3n) is 7.08. The van der Waals surface area contributed by atoms with Gasteiger partial charge in [-0.25, -0.2) is 0 Å². The van der Waals surface area contributed by atoms with Crippen LogP contribution < -0.4 is 25.4 Å². The van der Waals surface area contributed by atoms with Crippen molar-refractivity contribution in [3.63, 3.8) is 0 Å². The van der Waals surface area contributed by atoms with Gasteiger partial charge in [0.15, 0.2) is 11.5 Å². The monoisotopic (exact) mass is 769 g/mol. The molecule has 5 aromatic carbocycles. The fourth-order valence-electron chi connectivity index (χ4n) is 4.72. The van der Waals surface area contributed by atoms with Crippen molar-refractivity contribution in [1.29, 1.82) is 0 Å². The van der Waals surface area contributed by atoms with Crippen LogP contribution in [-0.2, 0) is 9.59 Å². The molecule has 8 nitrogen and oxygen atoms in total. The van der Waals surface area contributed by atoms with Crippen LogP contribution >= 0.6 is 34.4 Å². The summed E-state index contributed by atoms with van der Waals surface area (Å²) in [5, 5.41) is 8.12. The van der Waals surface area contributed by atoms with Crippen LogP contribution in [0.25, 0.3) is 6.08 Å². The molecule has 1 unspecified atom stereocenters. The van der Waals surface area contributed by atoms with Crippen LogP contribution in [0.1, 0.15) is 26.7 Å². The minimum absolute atomic E-state index is 0.00488. The summed E-state index contributed by atoms with van der Waals surface area (Å²) in [6.45, 7) is 0. The van der Waals surface area contributed by atoms with Crippen LogP contribution in [-0.4, -0.2) is 31.9 Å². The Balaban J connectivity index is 1.36. The zero-order valence-electron chi connectivity index (χ0n) is 26.1. The lowest BCUT2D eigenvalue weighted by Crippen LogP contribution is -2.30. The average molecular weight is 770 g/mol. The number of rotatable bonds is 12. The summed E-state index contributed by atoms with van der Waals surface area (Å²) in [6.07, 6.45) is 1.54. The van der Waals surface area contributed by atoms with E-state index in [1.807, 2.05) is 72.8 Å². The number of anilines is 2. The minimum Gasteiger partial charge on any atom is -0.493 e. The highest BCUT2D eigenvalue weighted by atomic mass is 127. The van der Waals surface area contributed by atoms with Crippen molar-refractivity contribution in [2.24, 2.45) is 0 Å². The molecule has 0 heterocycles. The number of para-hydroxylation sites is 1. The van der Waals surface area contributed by atoms with Gasteiger partial charge in [0.25, 0.3) is 11.8 Å². The number of thioether (sulfide) groups is 1. The maximum atomic E-state index is 13.6. The van der Waals surface area contributed by atoms with E-state index in [4.69, 9.17) is 9.47 Å². The van der Waals surface area contributed by atoms with Gasteiger partial charge in [-0.3, -0.25) is 14.4 Å². The molecule has 10 heteroatoms. The smallest absolute Gasteiger partial charge is 0.272 e. The lowest BCUT2D eigenvalue weighted by molar-refractivity contribution is -0.116. The van der Waals surface area contributed by atoms with Crippen molar-refractivity contribution < 1.29 is 23.9 Å². The number of nitrogens with one attached hydrogen (secondary N) is 3. The Morgan fingerprint density at radius 2 is 1.33 bits per heavy atom. The summed E-state index contributed by atoms with van der Waals surface area (Å²) in [6, 6.07) is 38.3. The van der Waals surface area contributed by atoms with E-state index in [-0.39, 0.29) is 11.6 Å². The Hall–Kier alpha value is -5.07. The molecule has 0 aliphatic carbocycles. The first kappa shape index (κ1) is 34.3. The van der Waals surface area contributed by atoms with Crippen molar-refractivity contribution in [3.8, 4) is 11.5 Å². The maximum absolute atomic E-state index is 13.6. The summed E-state index contributed by atoms with van der Waals surface area (Å²) in [7, 11) is 3.03. The molecule has 0 aliphatic heterocycles. The molecule has 3 amide bonds. The zero-order chi connectivity index (χ0) is 33.9. The van der Waals surface area contributed by atoms with Gasteiger partial charge in [-0.1, -0.05) is 60.7 Å². The number of benzene rings is 5. The van der Waals surface area contributed by atoms with E-state index >= 15 is 0 Å². The van der Waals surface area contributed by atoms with Crippen molar-refractivity contribution in [3.05, 3.63) is 153 Å². The third-order valence-corrected chi connectivity index (χ3v) is 9.07. The topological polar surface area (TPSA) is 106 Å². The molecule has 0 aliphatic rings. The van der Waals surface area contributed by atoms with E-state index in [0.717, 1.165) is 19.7 Å². The average Bonchev–Trinajstić information content (AvgIpc) is 3.12. The van der Waals surface area contributed by atoms with E-state index in [0.29, 0.717) is 28.3 Å². The lowest BCUT2D eigenvalue weighted by Gasteiger charge is -2.18. The molecule has 0 radical (unpaired) electrons. The summed E-state index contributed by atoms with van der Waals surface area (Å²) >= 11 is 3.63. The van der Waals surface area contributed by atoms with E-state index in [1.54, 1.807) is 60.7 Å². The highest BCUT2D eigenvalue weighted by molar-refractivity contribution is 14.1. The number of amides is 3. The predicted molar refractivity (Wildman–Crippen MR) is 199 cm³/mol. The van der Waals surface area contributed by atoms with Crippen LogP contribution in [0.3, 0.4) is 0 Å². The molecule has 1 atom stereocenters. The molecule has 0 fully saturated rings. The van der Waals surface area contributed by atoms with Gasteiger partial charge in [0.1, 0.15) is 10.9 Å². The van der Waals surface area contributed by atoms with Crippen molar-refractivity contribution >= 4 is 69.5 Å². The Bertz CT molecular complexity index is 1900. The molecular weight excluding hydrogens is 737 g/mol. The number of halogens is 1. The highest BCUT2D eigenvalue weighted by Gasteiger charge is 2.23. The van der Waals surface area contributed by atoms with E-state index in [1.165, 1.54) is 26.0 Å². The van der Waals surface area contributed by atoms with Crippen molar-refractivity contribution in [2.45, 2.75) is 10.1 Å². The molecule has 0 saturated carbocycles. The van der Waals surface area contributed by atoms with Crippen LogP contribution in [0.5, 0.6) is 11.5 Å². The molecule has 242 valence electrons. The van der Waals surface area contributed by atoms with Crippen LogP contribution in [0.2, 0.25) is 0 Å². The SMILES string of the molecule is COc1cccc(/C=C(\NC(=O)c2ccccc2)C(=O)Nc2ccc(SC(C(=O)Nc3ccc(I)cc3)c3ccccc3)cc2)c1OC. The van der Waals surface area contributed by atoms with Gasteiger partial charge < -0.3 is 25.4 Å². The number of carbonyl (C=O) groups is 3. The van der Waals surface area contributed by atoms with Gasteiger partial charge in [0.05, 0.1) is 14.2 Å². The second-order valence-corrected chi connectivity index (χ2v) is 12.8. The fourth-order valence-corrected chi connectivity index (χ4v) is 6.10. The second-order valence-electron chi connectivity index (χ2n) is 10.3. The number of carbonyl (C=O) groups excluding carboxylic acids is 3. The van der Waals surface area contributed by atoms with Crippen LogP contribution in [0.15, 0.2) is 138 Å². The first-order chi connectivity index (χ1) is 23.3. The zero-order valence-corrected chi connectivity index (χ0v) is 29.1. The van der Waals surface area contributed by atoms with Crippen molar-refractivity contribution in [2.75, 3.05) is 24.9 Å². The maximum Gasteiger partial charge on any atom is 0.272 e. The number of hydrogen-bond donors (Lipinski definition) is 3. The Morgan fingerprint density at radius 1 is 0.708 bits per heavy atom. The second kappa shape index (κ2) is 16.7. The molecule has 0 bridgehead atoms. The Morgan fingerprint density at radius 3 is 1.98 bits per heavy atom. The van der Waals surface area contributed by atoms with E-state index in [9.17, 15) is 14.4 Å². The Labute approximate surface area is 297 Å². The van der Waals surface area contributed by atoms with E-state index < -0.39 is 17.1 Å². The van der Waals surface area contributed by atoms with E-state index in [2.05, 4.69) is 38.5 Å². The lowest BCUT2D eigenvalue weighted by atomic mass is 10.1. The first-order valence-electron chi connectivity index (χ1n) is 14.8. The molecule has 5 rings (SSSR count). The van der Waals surface area contributed by atoms with Crippen LogP contribution in [0, 0.1) is 3.57 Å². The van der Waals surface area contributed by atoms with Gasteiger partial charge in [-0.05, 0) is 101 Å². The fraction of sp³-hybridized carbons (Fsp3) is 0.0789. The van der Waals surface area contributed by atoms with Gasteiger partial charge in [0, 0.05) is 31.0 Å². The minimum atomic E-state index is -0.538. The standard InChI is InChI=1S/C38H32IN3O5S/c1-46-33-15-9-14-27(34(33)47-2)24-32(42-36(43)26-12-7-4-8-13-26)37(44)40-30-20-22-31(23-21-30)48-35(25-10-5-3-6-11-25)38(45)41-29-18-16-28(39)17-19-29/h3-24,35H,1-2H3,(H,40,44)(H,41,45)(H,42,43)/b32-24-. The van der Waals surface area contributed by atoms with Gasteiger partial charge in [-0.15, -0.1) is 11.8 Å². The molecule has 0 aromatic heterocycles. The largest absolute Gasteiger partial charge is 0.493 e. The number of ether oxygens (including phenoxy) is 2. The summed E-state index contributed by atoms with van der Waals surface area (Å²) in [5.41, 5.74) is 3.02. The van der Waals surface area contributed by atoms with Gasteiger partial charge in [-0.2, -0.15) is 0 Å². The quantitative estimate of drug-likeness (QED) is 0.0672. The van der Waals surface area contributed by atoms with Gasteiger partial charge in [0.2, 0.25) is 5.91 Å². The molecular formula is C38H32IN3O5S. The van der Waals surface area contributed by atoms with Crippen LogP contribution in [0.4, 0.5) is 11.4 Å². The third kappa shape index (κ3) is 9.05. The molecule has 48 heavy (non-hydrogen) atoms. The first-order valence-corrected chi connectivity index (χ1v) is 16.8. The highest BCUT2D eigenvalue weighted by Crippen LogP contribution is 2.37. The van der Waals surface area contributed by atoms with Gasteiger partial charge >= 0.3 is 0 Å². The molecule has 0 saturated heterocycles. The summed E-state index contributed by atoms with van der Waals surface area (Å²) < 4.78 is 12.0. The predicted octanol–water partition coefficient (Wildman–Crippen LogP) is 8.19. The normalized spacial score (nSPS) is 11.6. The summed E-state index contributed by atoms with van der Waals surface area (Å²) in [4.78, 5) is 41.0. The van der Waals surface area contributed by atoms with Crippen molar-refractivity contribution in [1.82, 2.24) is 5.32 Å². The number of methoxy groups -OCH3 is 2. The summed E-state index contributed by atoms with van der Waals surface area (Å²) in [5.74, 6) is -0.236. The molecule has 0 spiro atoms.